The Kier molecular flexibility index (Phi) is 9.18. The first-order valence-corrected chi connectivity index (χ1v) is 12.7. The van der Waals surface area contributed by atoms with Gasteiger partial charge in [0, 0.05) is 5.92 Å². The Balaban J connectivity index is 1.52. The Bertz CT molecular complexity index is 745. The molecule has 170 valence electrons. The Morgan fingerprint density at radius 1 is 0.968 bits per heavy atom. The molecule has 1 aromatic carbocycles. The fourth-order valence-corrected chi connectivity index (χ4v) is 5.75. The van der Waals surface area contributed by atoms with Crippen molar-refractivity contribution in [1.29, 1.82) is 0 Å². The van der Waals surface area contributed by atoms with Gasteiger partial charge in [0.1, 0.15) is 11.6 Å². The number of rotatable bonds is 7. The third-order valence-corrected chi connectivity index (χ3v) is 8.04. The van der Waals surface area contributed by atoms with Gasteiger partial charge in [-0.3, -0.25) is 0 Å². The highest BCUT2D eigenvalue weighted by Crippen LogP contribution is 2.37. The highest BCUT2D eigenvalue weighted by molar-refractivity contribution is 5.39. The molecule has 0 N–H and O–H groups in total. The monoisotopic (exact) mass is 426 g/mol. The number of benzene rings is 1. The van der Waals surface area contributed by atoms with Crippen LogP contribution in [0.25, 0.3) is 0 Å². The topological polar surface area (TPSA) is 0 Å². The molecule has 0 radical (unpaired) electrons. The molecule has 0 amide bonds. The highest BCUT2D eigenvalue weighted by Gasteiger charge is 2.25. The van der Waals surface area contributed by atoms with Gasteiger partial charge in [-0.15, -0.1) is 6.58 Å². The third kappa shape index (κ3) is 6.68. The van der Waals surface area contributed by atoms with Crippen LogP contribution in [0, 0.1) is 53.1 Å². The SMILES string of the molecule is C=CC(CC)C1CCC(CCc2cc(F)c(C#CC3CCC(CC)CC3)c(F)c2)CC1. The largest absolute Gasteiger partial charge is 0.206 e. The van der Waals surface area contributed by atoms with E-state index in [1.165, 1.54) is 63.5 Å². The van der Waals surface area contributed by atoms with Gasteiger partial charge in [0.15, 0.2) is 0 Å². The Morgan fingerprint density at radius 3 is 2.13 bits per heavy atom. The molecule has 2 saturated carbocycles. The van der Waals surface area contributed by atoms with Crippen molar-refractivity contribution < 1.29 is 8.78 Å². The lowest BCUT2D eigenvalue weighted by Crippen LogP contribution is -2.20. The summed E-state index contributed by atoms with van der Waals surface area (Å²) in [6, 6.07) is 3.02. The normalized spacial score (nSPS) is 27.2. The van der Waals surface area contributed by atoms with Gasteiger partial charge < -0.3 is 0 Å². The molecule has 2 aliphatic rings. The zero-order valence-electron chi connectivity index (χ0n) is 19.6. The zero-order valence-corrected chi connectivity index (χ0v) is 19.6. The molecule has 0 aromatic heterocycles. The molecule has 3 rings (SSSR count). The van der Waals surface area contributed by atoms with Crippen molar-refractivity contribution in [3.8, 4) is 11.8 Å². The average molecular weight is 427 g/mol. The van der Waals surface area contributed by atoms with Gasteiger partial charge in [-0.25, -0.2) is 8.78 Å². The standard InChI is InChI=1S/C29H40F2/c1-4-21-7-9-22(10-8-21)15-18-27-28(30)19-24(20-29(27)31)12-11-23-13-16-26(17-14-23)25(5-2)6-3/h5,19-23,25-26H,2,4,6-14,16-17H2,1,3H3. The van der Waals surface area contributed by atoms with Gasteiger partial charge in [0.2, 0.25) is 0 Å². The molecule has 1 atom stereocenters. The Labute approximate surface area is 188 Å². The van der Waals surface area contributed by atoms with Crippen molar-refractivity contribution in [3.63, 3.8) is 0 Å². The van der Waals surface area contributed by atoms with Crippen LogP contribution in [0.1, 0.15) is 95.6 Å². The molecule has 1 aromatic rings. The van der Waals surface area contributed by atoms with Gasteiger partial charge in [-0.05, 0) is 99.2 Å². The summed E-state index contributed by atoms with van der Waals surface area (Å²) in [5.41, 5.74) is 0.723. The molecule has 2 fully saturated rings. The van der Waals surface area contributed by atoms with Crippen molar-refractivity contribution in [2.75, 3.05) is 0 Å². The van der Waals surface area contributed by atoms with E-state index in [1.54, 1.807) is 0 Å². The van der Waals surface area contributed by atoms with Crippen molar-refractivity contribution in [1.82, 2.24) is 0 Å². The van der Waals surface area contributed by atoms with E-state index >= 15 is 0 Å². The van der Waals surface area contributed by atoms with Crippen molar-refractivity contribution >= 4 is 0 Å². The van der Waals surface area contributed by atoms with Gasteiger partial charge in [0.25, 0.3) is 0 Å². The molecule has 2 heteroatoms. The lowest BCUT2D eigenvalue weighted by atomic mass is 9.73. The van der Waals surface area contributed by atoms with Crippen LogP contribution in [-0.2, 0) is 6.42 Å². The second kappa shape index (κ2) is 11.8. The molecular formula is C29H40F2. The molecule has 0 nitrogen and oxygen atoms in total. The number of halogens is 2. The predicted octanol–water partition coefficient (Wildman–Crippen LogP) is 8.48. The summed E-state index contributed by atoms with van der Waals surface area (Å²) >= 11 is 0. The van der Waals surface area contributed by atoms with Crippen LogP contribution >= 0.6 is 0 Å². The van der Waals surface area contributed by atoms with Crippen LogP contribution in [0.2, 0.25) is 0 Å². The van der Waals surface area contributed by atoms with Crippen LogP contribution < -0.4 is 0 Å². The number of hydrogen-bond donors (Lipinski definition) is 0. The summed E-state index contributed by atoms with van der Waals surface area (Å²) in [5.74, 6) is 8.16. The fourth-order valence-electron chi connectivity index (χ4n) is 5.75. The van der Waals surface area contributed by atoms with E-state index < -0.39 is 11.6 Å². The van der Waals surface area contributed by atoms with E-state index in [-0.39, 0.29) is 11.5 Å². The number of allylic oxidation sites excluding steroid dienone is 1. The van der Waals surface area contributed by atoms with Crippen molar-refractivity contribution in [3.05, 3.63) is 47.5 Å². The van der Waals surface area contributed by atoms with E-state index in [0.717, 1.165) is 43.1 Å². The van der Waals surface area contributed by atoms with Gasteiger partial charge in [-0.2, -0.15) is 0 Å². The summed E-state index contributed by atoms with van der Waals surface area (Å²) in [6.07, 6.45) is 15.7. The van der Waals surface area contributed by atoms with Crippen LogP contribution in [0.4, 0.5) is 8.78 Å². The number of hydrogen-bond acceptors (Lipinski definition) is 0. The van der Waals surface area contributed by atoms with Crippen LogP contribution in [0.3, 0.4) is 0 Å². The Morgan fingerprint density at radius 2 is 1.58 bits per heavy atom. The second-order valence-corrected chi connectivity index (χ2v) is 9.96. The van der Waals surface area contributed by atoms with E-state index in [9.17, 15) is 8.78 Å². The molecule has 2 aliphatic carbocycles. The first kappa shape index (κ1) is 24.0. The van der Waals surface area contributed by atoms with Crippen LogP contribution in [-0.4, -0.2) is 0 Å². The summed E-state index contributed by atoms with van der Waals surface area (Å²) in [5, 5.41) is 0. The maximum atomic E-state index is 14.6. The van der Waals surface area contributed by atoms with Gasteiger partial charge >= 0.3 is 0 Å². The molecular weight excluding hydrogens is 386 g/mol. The van der Waals surface area contributed by atoms with E-state index in [0.29, 0.717) is 11.8 Å². The molecule has 0 heterocycles. The Hall–Kier alpha value is -1.62. The quantitative estimate of drug-likeness (QED) is 0.303. The maximum Gasteiger partial charge on any atom is 0.142 e. The minimum Gasteiger partial charge on any atom is -0.206 e. The maximum absolute atomic E-state index is 14.6. The smallest absolute Gasteiger partial charge is 0.142 e. The van der Waals surface area contributed by atoms with E-state index in [1.807, 2.05) is 0 Å². The van der Waals surface area contributed by atoms with Gasteiger partial charge in [-0.1, -0.05) is 51.0 Å². The van der Waals surface area contributed by atoms with Crippen LogP contribution in [0.15, 0.2) is 24.8 Å². The van der Waals surface area contributed by atoms with Gasteiger partial charge in [0.05, 0.1) is 5.56 Å². The minimum atomic E-state index is -0.495. The van der Waals surface area contributed by atoms with Crippen molar-refractivity contribution in [2.45, 2.75) is 90.9 Å². The molecule has 31 heavy (non-hydrogen) atoms. The van der Waals surface area contributed by atoms with E-state index in [4.69, 9.17) is 0 Å². The zero-order chi connectivity index (χ0) is 22.2. The van der Waals surface area contributed by atoms with Crippen molar-refractivity contribution in [2.24, 2.45) is 29.6 Å². The summed E-state index contributed by atoms with van der Waals surface area (Å²) in [7, 11) is 0. The highest BCUT2D eigenvalue weighted by atomic mass is 19.1. The summed E-state index contributed by atoms with van der Waals surface area (Å²) < 4.78 is 29.2. The molecule has 1 unspecified atom stereocenters. The summed E-state index contributed by atoms with van der Waals surface area (Å²) in [6.45, 7) is 8.47. The summed E-state index contributed by atoms with van der Waals surface area (Å²) in [4.78, 5) is 0. The predicted molar refractivity (Wildman–Crippen MR) is 127 cm³/mol. The lowest BCUT2D eigenvalue weighted by molar-refractivity contribution is 0.219. The lowest BCUT2D eigenvalue weighted by Gasteiger charge is -2.32. The average Bonchev–Trinajstić information content (AvgIpc) is 2.79. The molecule has 0 aliphatic heterocycles. The van der Waals surface area contributed by atoms with E-state index in [2.05, 4.69) is 38.3 Å². The number of aryl methyl sites for hydroxylation is 1. The second-order valence-electron chi connectivity index (χ2n) is 9.96. The molecule has 0 spiro atoms. The minimum absolute atomic E-state index is 0.0445. The molecule has 0 saturated heterocycles. The first-order chi connectivity index (χ1) is 15.0. The van der Waals surface area contributed by atoms with Crippen LogP contribution in [0.5, 0.6) is 0 Å². The first-order valence-electron chi connectivity index (χ1n) is 12.7. The molecule has 0 bridgehead atoms. The fraction of sp³-hybridized carbons (Fsp3) is 0.655. The third-order valence-electron chi connectivity index (χ3n) is 8.04.